The number of benzene rings is 1. The number of hydrogen-bond acceptors (Lipinski definition) is 2. The lowest BCUT2D eigenvalue weighted by Crippen LogP contribution is -2.20. The molecular weight excluding hydrogens is 260 g/mol. The maximum absolute atomic E-state index is 11.6. The summed E-state index contributed by atoms with van der Waals surface area (Å²) in [7, 11) is 0. The van der Waals surface area contributed by atoms with E-state index in [0.29, 0.717) is 11.6 Å². The van der Waals surface area contributed by atoms with Crippen molar-refractivity contribution in [2.45, 2.75) is 6.54 Å². The molecule has 0 saturated carbocycles. The lowest BCUT2D eigenvalue weighted by Gasteiger charge is -2.01. The van der Waals surface area contributed by atoms with Crippen molar-refractivity contribution in [1.82, 2.24) is 10.3 Å². The van der Waals surface area contributed by atoms with E-state index in [4.69, 9.17) is 11.6 Å². The first-order chi connectivity index (χ1) is 9.24. The molecule has 2 rings (SSSR count). The summed E-state index contributed by atoms with van der Waals surface area (Å²) in [5, 5.41) is 3.44. The predicted molar refractivity (Wildman–Crippen MR) is 76.6 cm³/mol. The minimum atomic E-state index is -0.149. The summed E-state index contributed by atoms with van der Waals surface area (Å²) in [6, 6.07) is 11.1. The summed E-state index contributed by atoms with van der Waals surface area (Å²) < 4.78 is 0. The SMILES string of the molecule is O=C(C=Cc1cccc(Cl)c1)NCc1cccnc1. The molecule has 1 aromatic carbocycles. The maximum atomic E-state index is 11.6. The average molecular weight is 273 g/mol. The van der Waals surface area contributed by atoms with Crippen LogP contribution in [0.4, 0.5) is 0 Å². The van der Waals surface area contributed by atoms with E-state index in [2.05, 4.69) is 10.3 Å². The molecule has 0 aliphatic heterocycles. The Balaban J connectivity index is 1.88. The summed E-state index contributed by atoms with van der Waals surface area (Å²) in [4.78, 5) is 15.6. The van der Waals surface area contributed by atoms with Crippen LogP contribution in [0.25, 0.3) is 6.08 Å². The van der Waals surface area contributed by atoms with Gasteiger partial charge in [0.05, 0.1) is 0 Å². The molecule has 1 heterocycles. The normalized spacial score (nSPS) is 10.6. The molecular formula is C15H13ClN2O. The van der Waals surface area contributed by atoms with Crippen molar-refractivity contribution >= 4 is 23.6 Å². The molecule has 0 spiro atoms. The van der Waals surface area contributed by atoms with Crippen LogP contribution in [0.3, 0.4) is 0 Å². The first kappa shape index (κ1) is 13.3. The summed E-state index contributed by atoms with van der Waals surface area (Å²) in [6.45, 7) is 0.465. The number of nitrogens with one attached hydrogen (secondary N) is 1. The van der Waals surface area contributed by atoms with Gasteiger partial charge in [0.1, 0.15) is 0 Å². The molecule has 2 aromatic rings. The Kier molecular flexibility index (Phi) is 4.70. The standard InChI is InChI=1S/C15H13ClN2O/c16-14-5-1-3-12(9-14)6-7-15(19)18-11-13-4-2-8-17-10-13/h1-10H,11H2,(H,18,19). The number of amides is 1. The van der Waals surface area contributed by atoms with Crippen LogP contribution in [0.5, 0.6) is 0 Å². The minimum absolute atomic E-state index is 0.149. The number of hydrogen-bond donors (Lipinski definition) is 1. The van der Waals surface area contributed by atoms with Gasteiger partial charge in [-0.15, -0.1) is 0 Å². The average Bonchev–Trinajstić information content (AvgIpc) is 2.44. The largest absolute Gasteiger partial charge is 0.348 e. The van der Waals surface area contributed by atoms with Crippen molar-refractivity contribution in [3.63, 3.8) is 0 Å². The van der Waals surface area contributed by atoms with Gasteiger partial charge in [-0.1, -0.05) is 29.8 Å². The van der Waals surface area contributed by atoms with Crippen LogP contribution < -0.4 is 5.32 Å². The molecule has 0 fully saturated rings. The van der Waals surface area contributed by atoms with Gasteiger partial charge < -0.3 is 5.32 Å². The first-order valence-electron chi connectivity index (χ1n) is 5.84. The monoisotopic (exact) mass is 272 g/mol. The first-order valence-corrected chi connectivity index (χ1v) is 6.22. The number of carbonyl (C=O) groups excluding carboxylic acids is 1. The molecule has 3 nitrogen and oxygen atoms in total. The Morgan fingerprint density at radius 1 is 1.32 bits per heavy atom. The lowest BCUT2D eigenvalue weighted by atomic mass is 10.2. The van der Waals surface area contributed by atoms with Gasteiger partial charge in [-0.2, -0.15) is 0 Å². The molecule has 0 unspecified atom stereocenters. The third kappa shape index (κ3) is 4.56. The van der Waals surface area contributed by atoms with Crippen LogP contribution in [-0.2, 0) is 11.3 Å². The zero-order valence-electron chi connectivity index (χ0n) is 10.2. The zero-order valence-corrected chi connectivity index (χ0v) is 11.0. The number of halogens is 1. The highest BCUT2D eigenvalue weighted by Gasteiger charge is 1.96. The van der Waals surface area contributed by atoms with Crippen molar-refractivity contribution < 1.29 is 4.79 Å². The van der Waals surface area contributed by atoms with Gasteiger partial charge in [-0.05, 0) is 35.4 Å². The minimum Gasteiger partial charge on any atom is -0.348 e. The highest BCUT2D eigenvalue weighted by atomic mass is 35.5. The third-order valence-corrected chi connectivity index (χ3v) is 2.70. The van der Waals surface area contributed by atoms with E-state index >= 15 is 0 Å². The zero-order chi connectivity index (χ0) is 13.5. The second-order valence-corrected chi connectivity index (χ2v) is 4.40. The maximum Gasteiger partial charge on any atom is 0.244 e. The third-order valence-electron chi connectivity index (χ3n) is 2.47. The number of nitrogens with zero attached hydrogens (tertiary/aromatic N) is 1. The van der Waals surface area contributed by atoms with E-state index in [1.54, 1.807) is 30.6 Å². The summed E-state index contributed by atoms with van der Waals surface area (Å²) in [6.07, 6.45) is 6.64. The molecule has 0 bridgehead atoms. The van der Waals surface area contributed by atoms with E-state index < -0.39 is 0 Å². The van der Waals surface area contributed by atoms with Gasteiger partial charge in [0.25, 0.3) is 0 Å². The summed E-state index contributed by atoms with van der Waals surface area (Å²) >= 11 is 5.86. The topological polar surface area (TPSA) is 42.0 Å². The number of aromatic nitrogens is 1. The number of carbonyl (C=O) groups is 1. The van der Waals surface area contributed by atoms with E-state index in [1.807, 2.05) is 24.3 Å². The highest BCUT2D eigenvalue weighted by molar-refractivity contribution is 6.30. The van der Waals surface area contributed by atoms with Crippen LogP contribution in [0.1, 0.15) is 11.1 Å². The molecule has 19 heavy (non-hydrogen) atoms. The Hall–Kier alpha value is -2.13. The quantitative estimate of drug-likeness (QED) is 0.869. The Labute approximate surface area is 116 Å². The molecule has 0 saturated heterocycles. The number of rotatable bonds is 4. The molecule has 4 heteroatoms. The Bertz CT molecular complexity index is 582. The molecule has 0 aliphatic carbocycles. The van der Waals surface area contributed by atoms with Gasteiger partial charge in [0, 0.05) is 30.0 Å². The van der Waals surface area contributed by atoms with Crippen LogP contribution in [0.15, 0.2) is 54.9 Å². The van der Waals surface area contributed by atoms with Crippen molar-refractivity contribution in [3.05, 3.63) is 71.0 Å². The molecule has 1 N–H and O–H groups in total. The van der Waals surface area contributed by atoms with Crippen molar-refractivity contribution in [2.75, 3.05) is 0 Å². The Morgan fingerprint density at radius 2 is 2.21 bits per heavy atom. The molecule has 0 aliphatic rings. The molecule has 96 valence electrons. The van der Waals surface area contributed by atoms with Crippen molar-refractivity contribution in [3.8, 4) is 0 Å². The second kappa shape index (κ2) is 6.71. The highest BCUT2D eigenvalue weighted by Crippen LogP contribution is 2.11. The van der Waals surface area contributed by atoms with E-state index in [9.17, 15) is 4.79 Å². The molecule has 0 atom stereocenters. The van der Waals surface area contributed by atoms with Crippen LogP contribution >= 0.6 is 11.6 Å². The fraction of sp³-hybridized carbons (Fsp3) is 0.0667. The van der Waals surface area contributed by atoms with Gasteiger partial charge >= 0.3 is 0 Å². The van der Waals surface area contributed by atoms with E-state index in [-0.39, 0.29) is 5.91 Å². The lowest BCUT2D eigenvalue weighted by molar-refractivity contribution is -0.116. The van der Waals surface area contributed by atoms with Crippen LogP contribution in [0.2, 0.25) is 5.02 Å². The van der Waals surface area contributed by atoms with E-state index in [1.165, 1.54) is 6.08 Å². The van der Waals surface area contributed by atoms with Crippen LogP contribution in [0, 0.1) is 0 Å². The predicted octanol–water partition coefficient (Wildman–Crippen LogP) is 3.06. The molecule has 0 radical (unpaired) electrons. The Morgan fingerprint density at radius 3 is 2.95 bits per heavy atom. The van der Waals surface area contributed by atoms with Gasteiger partial charge in [0.2, 0.25) is 5.91 Å². The van der Waals surface area contributed by atoms with Gasteiger partial charge in [-0.25, -0.2) is 0 Å². The van der Waals surface area contributed by atoms with Gasteiger partial charge in [-0.3, -0.25) is 9.78 Å². The summed E-state index contributed by atoms with van der Waals surface area (Å²) in [5.41, 5.74) is 1.86. The van der Waals surface area contributed by atoms with E-state index in [0.717, 1.165) is 11.1 Å². The fourth-order valence-corrected chi connectivity index (χ4v) is 1.73. The molecule has 1 aromatic heterocycles. The smallest absolute Gasteiger partial charge is 0.244 e. The number of pyridine rings is 1. The second-order valence-electron chi connectivity index (χ2n) is 3.97. The molecule has 1 amide bonds. The van der Waals surface area contributed by atoms with Gasteiger partial charge in [0.15, 0.2) is 0 Å². The fourth-order valence-electron chi connectivity index (χ4n) is 1.53. The van der Waals surface area contributed by atoms with Crippen LogP contribution in [-0.4, -0.2) is 10.9 Å². The van der Waals surface area contributed by atoms with Crippen molar-refractivity contribution in [1.29, 1.82) is 0 Å². The van der Waals surface area contributed by atoms with Crippen molar-refractivity contribution in [2.24, 2.45) is 0 Å². The summed E-state index contributed by atoms with van der Waals surface area (Å²) in [5.74, 6) is -0.149.